The zero-order valence-electron chi connectivity index (χ0n) is 17.6. The molecule has 2 N–H and O–H groups in total. The lowest BCUT2D eigenvalue weighted by molar-refractivity contribution is 0.0738. The van der Waals surface area contributed by atoms with Crippen LogP contribution in [0.1, 0.15) is 24.1 Å². The van der Waals surface area contributed by atoms with Crippen LogP contribution in [0.15, 0.2) is 29.3 Å². The van der Waals surface area contributed by atoms with Crippen LogP contribution in [-0.4, -0.2) is 63.3 Å². The number of aliphatic imine (C=N–C) groups is 1. The highest BCUT2D eigenvalue weighted by Crippen LogP contribution is 2.57. The quantitative estimate of drug-likeness (QED) is 0.504. The van der Waals surface area contributed by atoms with Crippen LogP contribution in [0.25, 0.3) is 0 Å². The second-order valence-electron chi connectivity index (χ2n) is 7.60. The summed E-state index contributed by atoms with van der Waals surface area (Å²) in [5.41, 5.74) is 6.97. The van der Waals surface area contributed by atoms with Crippen LogP contribution in [0.4, 0.5) is 10.2 Å². The van der Waals surface area contributed by atoms with Gasteiger partial charge in [-0.25, -0.2) is 14.1 Å². The van der Waals surface area contributed by atoms with E-state index in [0.29, 0.717) is 48.4 Å². The molecule has 1 aromatic carbocycles. The Kier molecular flexibility index (Phi) is 6.55. The lowest BCUT2D eigenvalue weighted by atomic mass is 10.2. The summed E-state index contributed by atoms with van der Waals surface area (Å²) in [6.07, 6.45) is -1.11. The number of nitrogens with zero attached hydrogens (tertiary/aromatic N) is 5. The van der Waals surface area contributed by atoms with E-state index in [0.717, 1.165) is 30.5 Å². The van der Waals surface area contributed by atoms with Crippen molar-refractivity contribution < 1.29 is 9.13 Å². The van der Waals surface area contributed by atoms with E-state index in [1.54, 1.807) is 12.1 Å². The molecule has 4 rings (SSSR count). The number of aromatic nitrogens is 2. The molecule has 0 aliphatic carbocycles. The molecule has 1 saturated heterocycles. The Labute approximate surface area is 192 Å². The van der Waals surface area contributed by atoms with Crippen molar-refractivity contribution in [3.05, 3.63) is 41.3 Å². The smallest absolute Gasteiger partial charge is 0.164 e. The van der Waals surface area contributed by atoms with Crippen LogP contribution in [0.5, 0.6) is 0 Å². The number of hydrogen-bond acceptors (Lipinski definition) is 5. The summed E-state index contributed by atoms with van der Waals surface area (Å²) in [4.78, 5) is 5.39. The minimum atomic E-state index is -2.49. The standard InChI is InChI=1S/C20H26FN6OPS2/c1-14-18-20(27(24-14)9-5-8-17(22)30)23-19(15-6-3-4-7-16(15)21)25(2)29(18,31)26-10-12-28-13-11-26/h3-4,6-7H,5,8-13H2,1-2H3,(H2,22,30). The van der Waals surface area contributed by atoms with E-state index in [9.17, 15) is 4.39 Å². The van der Waals surface area contributed by atoms with Crippen molar-refractivity contribution in [2.75, 3.05) is 33.4 Å². The van der Waals surface area contributed by atoms with Crippen molar-refractivity contribution in [2.24, 2.45) is 10.7 Å². The van der Waals surface area contributed by atoms with Crippen molar-refractivity contribution in [1.29, 1.82) is 0 Å². The molecular formula is C20H26FN6OPS2. The normalized spacial score (nSPS) is 21.6. The lowest BCUT2D eigenvalue weighted by Gasteiger charge is -2.45. The molecule has 2 aliphatic rings. The third-order valence-corrected chi connectivity index (χ3v) is 11.0. The van der Waals surface area contributed by atoms with Crippen molar-refractivity contribution in [3.8, 4) is 0 Å². The highest BCUT2D eigenvalue weighted by Gasteiger charge is 2.43. The second-order valence-corrected chi connectivity index (χ2v) is 12.4. The highest BCUT2D eigenvalue weighted by molar-refractivity contribution is 8.16. The van der Waals surface area contributed by atoms with Crippen LogP contribution in [-0.2, 0) is 23.1 Å². The molecule has 3 heterocycles. The number of nitrogens with two attached hydrogens (primary N) is 1. The number of halogens is 1. The minimum absolute atomic E-state index is 0.323. The molecule has 0 bridgehead atoms. The summed E-state index contributed by atoms with van der Waals surface area (Å²) in [5, 5.41) is 5.75. The number of rotatable bonds is 6. The molecular weight excluding hydrogens is 454 g/mol. The first-order chi connectivity index (χ1) is 14.8. The maximum Gasteiger partial charge on any atom is 0.164 e. The van der Waals surface area contributed by atoms with Gasteiger partial charge in [0, 0.05) is 26.7 Å². The van der Waals surface area contributed by atoms with Gasteiger partial charge in [0.25, 0.3) is 0 Å². The Hall–Kier alpha value is -1.71. The fourth-order valence-corrected chi connectivity index (χ4v) is 8.53. The predicted octanol–water partition coefficient (Wildman–Crippen LogP) is 2.69. The van der Waals surface area contributed by atoms with Gasteiger partial charge in [-0.3, -0.25) is 4.67 Å². The van der Waals surface area contributed by atoms with E-state index >= 15 is 0 Å². The molecule has 0 saturated carbocycles. The molecule has 0 amide bonds. The van der Waals surface area contributed by atoms with Crippen molar-refractivity contribution >= 4 is 52.3 Å². The maximum atomic E-state index is 14.8. The van der Waals surface area contributed by atoms with Crippen molar-refractivity contribution in [1.82, 2.24) is 19.1 Å². The van der Waals surface area contributed by atoms with E-state index in [1.807, 2.05) is 29.4 Å². The summed E-state index contributed by atoms with van der Waals surface area (Å²) >= 11 is 11.5. The molecule has 0 spiro atoms. The Morgan fingerprint density at radius 2 is 2.00 bits per heavy atom. The first-order valence-electron chi connectivity index (χ1n) is 10.2. The summed E-state index contributed by atoms with van der Waals surface area (Å²) < 4.78 is 26.6. The molecule has 2 aliphatic heterocycles. The Morgan fingerprint density at radius 1 is 1.29 bits per heavy atom. The Balaban J connectivity index is 1.87. The molecule has 7 nitrogen and oxygen atoms in total. The van der Waals surface area contributed by atoms with Gasteiger partial charge in [0.15, 0.2) is 5.82 Å². The number of ether oxygens (including phenoxy) is 1. The molecule has 1 unspecified atom stereocenters. The van der Waals surface area contributed by atoms with Crippen LogP contribution >= 0.6 is 18.6 Å². The fraction of sp³-hybridized carbons (Fsp3) is 0.450. The summed E-state index contributed by atoms with van der Waals surface area (Å²) in [6, 6.07) is 6.68. The molecule has 1 atom stereocenters. The van der Waals surface area contributed by atoms with E-state index in [1.165, 1.54) is 6.07 Å². The largest absolute Gasteiger partial charge is 0.393 e. The van der Waals surface area contributed by atoms with Gasteiger partial charge >= 0.3 is 0 Å². The van der Waals surface area contributed by atoms with Crippen LogP contribution in [0.2, 0.25) is 0 Å². The van der Waals surface area contributed by atoms with Crippen molar-refractivity contribution in [2.45, 2.75) is 26.3 Å². The van der Waals surface area contributed by atoms with Crippen LogP contribution in [0, 0.1) is 12.7 Å². The third kappa shape index (κ3) is 4.07. The van der Waals surface area contributed by atoms with Crippen LogP contribution < -0.4 is 11.0 Å². The van der Waals surface area contributed by atoms with Crippen molar-refractivity contribution in [3.63, 3.8) is 0 Å². The molecule has 1 fully saturated rings. The highest BCUT2D eigenvalue weighted by atomic mass is 32.4. The average Bonchev–Trinajstić information content (AvgIpc) is 3.07. The molecule has 31 heavy (non-hydrogen) atoms. The number of aryl methyl sites for hydroxylation is 2. The Morgan fingerprint density at radius 3 is 2.68 bits per heavy atom. The lowest BCUT2D eigenvalue weighted by Crippen LogP contribution is -2.45. The summed E-state index contributed by atoms with van der Waals surface area (Å²) in [7, 11) is 1.92. The SMILES string of the molecule is Cc1nn(CCCC(N)=S)c2c1P(=S)(N1CCOCC1)N(C)C(c1ccccc1F)=N2. The second kappa shape index (κ2) is 9.03. The molecule has 1 aromatic heterocycles. The van der Waals surface area contributed by atoms with Gasteiger partial charge in [-0.1, -0.05) is 36.2 Å². The molecule has 166 valence electrons. The van der Waals surface area contributed by atoms with E-state index < -0.39 is 6.34 Å². The average molecular weight is 481 g/mol. The maximum absolute atomic E-state index is 14.8. The van der Waals surface area contributed by atoms with Gasteiger partial charge in [-0.15, -0.1) is 0 Å². The zero-order valence-corrected chi connectivity index (χ0v) is 20.1. The van der Waals surface area contributed by atoms with E-state index in [2.05, 4.69) is 4.67 Å². The number of hydrogen-bond donors (Lipinski definition) is 1. The van der Waals surface area contributed by atoms with Gasteiger partial charge in [-0.05, 0) is 31.9 Å². The number of fused-ring (bicyclic) bond motifs is 1. The van der Waals surface area contributed by atoms with E-state index in [4.69, 9.17) is 44.6 Å². The minimum Gasteiger partial charge on any atom is -0.393 e. The van der Waals surface area contributed by atoms with Gasteiger partial charge in [0.2, 0.25) is 0 Å². The van der Waals surface area contributed by atoms with Gasteiger partial charge < -0.3 is 15.1 Å². The topological polar surface area (TPSA) is 71.9 Å². The summed E-state index contributed by atoms with van der Waals surface area (Å²) in [5.74, 6) is 0.930. The third-order valence-electron chi connectivity index (χ3n) is 5.56. The zero-order chi connectivity index (χ0) is 22.2. The van der Waals surface area contributed by atoms with Gasteiger partial charge in [0.05, 0.1) is 34.8 Å². The molecule has 0 radical (unpaired) electrons. The number of morpholine rings is 1. The number of amidine groups is 1. The first kappa shape index (κ1) is 22.5. The van der Waals surface area contributed by atoms with Gasteiger partial charge in [0.1, 0.15) is 18.0 Å². The Bertz CT molecular complexity index is 1080. The van der Waals surface area contributed by atoms with Gasteiger partial charge in [-0.2, -0.15) is 5.10 Å². The monoisotopic (exact) mass is 480 g/mol. The van der Waals surface area contributed by atoms with E-state index in [-0.39, 0.29) is 5.82 Å². The fourth-order valence-electron chi connectivity index (χ4n) is 4.05. The molecule has 11 heteroatoms. The first-order valence-corrected chi connectivity index (χ1v) is 13.3. The summed E-state index contributed by atoms with van der Waals surface area (Å²) in [6.45, 7) is 5.27. The predicted molar refractivity (Wildman–Crippen MR) is 130 cm³/mol. The number of benzene rings is 1. The number of thiocarbonyl (C=S) groups is 1. The van der Waals surface area contributed by atoms with Crippen LogP contribution in [0.3, 0.4) is 0 Å². The molecule has 2 aromatic rings.